The lowest BCUT2D eigenvalue weighted by molar-refractivity contribution is 0.508. The molecule has 0 atom stereocenters. The first kappa shape index (κ1) is 19.1. The molecule has 0 amide bonds. The van der Waals surface area contributed by atoms with Gasteiger partial charge in [-0.2, -0.15) is 0 Å². The first-order valence-electron chi connectivity index (χ1n) is 9.93. The Labute approximate surface area is 172 Å². The van der Waals surface area contributed by atoms with Gasteiger partial charge in [-0.15, -0.1) is 0 Å². The van der Waals surface area contributed by atoms with Gasteiger partial charge in [-0.05, 0) is 58.7 Å². The van der Waals surface area contributed by atoms with Crippen molar-refractivity contribution in [2.24, 2.45) is 7.05 Å². The third kappa shape index (κ3) is 3.14. The van der Waals surface area contributed by atoms with Crippen LogP contribution in [0.3, 0.4) is 0 Å². The molecule has 2 aromatic heterocycles. The molecule has 2 nitrogen and oxygen atoms in total. The highest BCUT2D eigenvalue weighted by molar-refractivity contribution is 6.32. The Morgan fingerprint density at radius 1 is 0.964 bits per heavy atom. The summed E-state index contributed by atoms with van der Waals surface area (Å²) in [7, 11) is 2.18. The zero-order valence-corrected chi connectivity index (χ0v) is 18.4. The van der Waals surface area contributed by atoms with Gasteiger partial charge in [-0.25, -0.2) is 0 Å². The van der Waals surface area contributed by atoms with Crippen molar-refractivity contribution in [3.8, 4) is 0 Å². The van der Waals surface area contributed by atoms with Crippen LogP contribution in [0.5, 0.6) is 0 Å². The third-order valence-electron chi connectivity index (χ3n) is 5.99. The van der Waals surface area contributed by atoms with Crippen molar-refractivity contribution in [1.82, 2.24) is 9.55 Å². The van der Waals surface area contributed by atoms with Crippen LogP contribution in [0.2, 0.25) is 5.02 Å². The van der Waals surface area contributed by atoms with Crippen LogP contribution in [-0.2, 0) is 24.3 Å². The second-order valence-electron chi connectivity index (χ2n) is 9.64. The number of hydrogen-bond donors (Lipinski definition) is 1. The summed E-state index contributed by atoms with van der Waals surface area (Å²) in [5.41, 5.74) is 6.39. The Morgan fingerprint density at radius 2 is 1.71 bits per heavy atom. The molecule has 0 unspecified atom stereocenters. The number of halogens is 1. The molecular formula is C25H29ClN2. The fourth-order valence-corrected chi connectivity index (χ4v) is 4.81. The smallest absolute Gasteiger partial charge is 0.0482 e. The van der Waals surface area contributed by atoms with E-state index in [1.54, 1.807) is 0 Å². The van der Waals surface area contributed by atoms with Crippen LogP contribution in [0.15, 0.2) is 48.7 Å². The number of aromatic amines is 1. The summed E-state index contributed by atoms with van der Waals surface area (Å²) in [6.07, 6.45) is 2.89. The van der Waals surface area contributed by atoms with Crippen molar-refractivity contribution >= 4 is 33.4 Å². The average molecular weight is 393 g/mol. The molecule has 146 valence electrons. The number of fused-ring (bicyclic) bond motifs is 2. The molecule has 2 heterocycles. The Hall–Kier alpha value is -2.19. The van der Waals surface area contributed by atoms with Crippen LogP contribution in [0.1, 0.15) is 51.4 Å². The van der Waals surface area contributed by atoms with E-state index < -0.39 is 0 Å². The first-order valence-corrected chi connectivity index (χ1v) is 10.3. The highest BCUT2D eigenvalue weighted by atomic mass is 35.5. The highest BCUT2D eigenvalue weighted by Gasteiger charge is 2.27. The van der Waals surface area contributed by atoms with Crippen LogP contribution in [0.4, 0.5) is 0 Å². The Morgan fingerprint density at radius 3 is 2.43 bits per heavy atom. The summed E-state index contributed by atoms with van der Waals surface area (Å²) in [6.45, 7) is 11.4. The SMILES string of the molecule is Cn1c(CC(C)(C)c2cc3[nH]ccc3cc2Cl)cc2c(C(C)(C)C)cccc21. The molecule has 0 aliphatic carbocycles. The van der Waals surface area contributed by atoms with Crippen LogP contribution in [0, 0.1) is 0 Å². The monoisotopic (exact) mass is 392 g/mol. The van der Waals surface area contributed by atoms with Crippen molar-refractivity contribution in [3.05, 3.63) is 70.5 Å². The van der Waals surface area contributed by atoms with Crippen molar-refractivity contribution in [2.45, 2.75) is 51.9 Å². The maximum absolute atomic E-state index is 6.69. The van der Waals surface area contributed by atoms with E-state index in [4.69, 9.17) is 11.6 Å². The maximum Gasteiger partial charge on any atom is 0.0482 e. The molecule has 0 fully saturated rings. The normalized spacial score (nSPS) is 13.0. The summed E-state index contributed by atoms with van der Waals surface area (Å²) in [5, 5.41) is 3.35. The van der Waals surface area contributed by atoms with E-state index in [9.17, 15) is 0 Å². The summed E-state index contributed by atoms with van der Waals surface area (Å²) in [5.74, 6) is 0. The predicted octanol–water partition coefficient (Wildman–Crippen LogP) is 7.13. The van der Waals surface area contributed by atoms with Crippen molar-refractivity contribution in [1.29, 1.82) is 0 Å². The molecule has 2 aromatic carbocycles. The van der Waals surface area contributed by atoms with E-state index in [0.29, 0.717) is 0 Å². The summed E-state index contributed by atoms with van der Waals surface area (Å²) in [6, 6.07) is 15.4. The zero-order chi connectivity index (χ0) is 20.3. The minimum absolute atomic E-state index is 0.0829. The van der Waals surface area contributed by atoms with Gasteiger partial charge in [0.15, 0.2) is 0 Å². The van der Waals surface area contributed by atoms with Gasteiger partial charge in [-0.3, -0.25) is 0 Å². The molecule has 0 aliphatic heterocycles. The molecule has 4 rings (SSSR count). The van der Waals surface area contributed by atoms with Gasteiger partial charge in [0.25, 0.3) is 0 Å². The van der Waals surface area contributed by atoms with E-state index in [1.165, 1.54) is 27.7 Å². The molecule has 0 aliphatic rings. The lowest BCUT2D eigenvalue weighted by Crippen LogP contribution is -2.22. The van der Waals surface area contributed by atoms with Gasteiger partial charge in [0, 0.05) is 45.8 Å². The Bertz CT molecular complexity index is 1170. The molecule has 28 heavy (non-hydrogen) atoms. The number of aryl methyl sites for hydroxylation is 1. The van der Waals surface area contributed by atoms with Gasteiger partial charge < -0.3 is 9.55 Å². The average Bonchev–Trinajstić information content (AvgIpc) is 3.17. The van der Waals surface area contributed by atoms with Crippen LogP contribution in [0.25, 0.3) is 21.8 Å². The Kier molecular flexibility index (Phi) is 4.39. The van der Waals surface area contributed by atoms with Gasteiger partial charge in [0.05, 0.1) is 0 Å². The van der Waals surface area contributed by atoms with E-state index in [-0.39, 0.29) is 10.8 Å². The van der Waals surface area contributed by atoms with Crippen molar-refractivity contribution < 1.29 is 0 Å². The van der Waals surface area contributed by atoms with Gasteiger partial charge in [-0.1, -0.05) is 58.4 Å². The molecule has 0 radical (unpaired) electrons. The minimum atomic E-state index is -0.0829. The number of hydrogen-bond acceptors (Lipinski definition) is 0. The quantitative estimate of drug-likeness (QED) is 0.382. The first-order chi connectivity index (χ1) is 13.1. The highest BCUT2D eigenvalue weighted by Crippen LogP contribution is 2.38. The lowest BCUT2D eigenvalue weighted by atomic mass is 9.80. The number of H-pyrrole nitrogens is 1. The molecular weight excluding hydrogens is 364 g/mol. The topological polar surface area (TPSA) is 20.7 Å². The van der Waals surface area contributed by atoms with E-state index in [1.807, 2.05) is 6.20 Å². The molecule has 3 heteroatoms. The second kappa shape index (κ2) is 6.42. The zero-order valence-electron chi connectivity index (χ0n) is 17.7. The van der Waals surface area contributed by atoms with Crippen molar-refractivity contribution in [2.75, 3.05) is 0 Å². The molecule has 0 saturated heterocycles. The van der Waals surface area contributed by atoms with E-state index in [2.05, 4.69) is 93.7 Å². The van der Waals surface area contributed by atoms with Gasteiger partial charge >= 0.3 is 0 Å². The predicted molar refractivity (Wildman–Crippen MR) is 122 cm³/mol. The number of benzene rings is 2. The van der Waals surface area contributed by atoms with Gasteiger partial charge in [0.1, 0.15) is 0 Å². The largest absolute Gasteiger partial charge is 0.361 e. The van der Waals surface area contributed by atoms with Crippen molar-refractivity contribution in [3.63, 3.8) is 0 Å². The molecule has 4 aromatic rings. The fourth-order valence-electron chi connectivity index (χ4n) is 4.38. The maximum atomic E-state index is 6.69. The molecule has 0 spiro atoms. The lowest BCUT2D eigenvalue weighted by Gasteiger charge is -2.27. The fraction of sp³-hybridized carbons (Fsp3) is 0.360. The van der Waals surface area contributed by atoms with Crippen LogP contribution >= 0.6 is 11.6 Å². The van der Waals surface area contributed by atoms with Crippen LogP contribution < -0.4 is 0 Å². The summed E-state index contributed by atoms with van der Waals surface area (Å²) in [4.78, 5) is 3.32. The van der Waals surface area contributed by atoms with E-state index in [0.717, 1.165) is 22.3 Å². The number of rotatable bonds is 3. The number of nitrogens with one attached hydrogen (secondary N) is 1. The molecule has 0 saturated carbocycles. The Balaban J connectivity index is 1.80. The number of nitrogens with zero attached hydrogens (tertiary/aromatic N) is 1. The number of aromatic nitrogens is 2. The summed E-state index contributed by atoms with van der Waals surface area (Å²) >= 11 is 6.69. The summed E-state index contributed by atoms with van der Waals surface area (Å²) < 4.78 is 2.34. The second-order valence-corrected chi connectivity index (χ2v) is 10.0. The minimum Gasteiger partial charge on any atom is -0.361 e. The van der Waals surface area contributed by atoms with Crippen LogP contribution in [-0.4, -0.2) is 9.55 Å². The molecule has 0 bridgehead atoms. The molecule has 1 N–H and O–H groups in total. The van der Waals surface area contributed by atoms with Gasteiger partial charge in [0.2, 0.25) is 0 Å². The standard InChI is InChI=1S/C25H29ClN2/c1-24(2,3)19-8-7-9-23-18(19)13-17(28(23)6)15-25(4,5)20-14-22-16(10-11-27-22)12-21(20)26/h7-14,27H,15H2,1-6H3. The third-order valence-corrected chi connectivity index (χ3v) is 6.30. The van der Waals surface area contributed by atoms with E-state index >= 15 is 0 Å².